The van der Waals surface area contributed by atoms with Crippen LogP contribution in [0.3, 0.4) is 0 Å². The molecule has 4 nitrogen and oxygen atoms in total. The van der Waals surface area contributed by atoms with E-state index in [0.717, 1.165) is 21.1 Å². The number of pyridine rings is 1. The Morgan fingerprint density at radius 2 is 2.22 bits per heavy atom. The molecule has 0 spiro atoms. The standard InChI is InChI=1S/C11H12BrN3O.CH3I/c1-3-16-10(13)9-6-15(2)11-8(9)4-7(12)5-14-11;1-2/h4-6,13H,3H2,1-2H3;1H3. The molecule has 0 aliphatic rings. The molecule has 0 aliphatic carbocycles. The van der Waals surface area contributed by atoms with Crippen LogP contribution in [0.15, 0.2) is 22.9 Å². The third-order valence-corrected chi connectivity index (χ3v) is 2.75. The predicted octanol–water partition coefficient (Wildman–Crippen LogP) is 3.75. The molecule has 98 valence electrons. The Balaban J connectivity index is 0.000000771. The van der Waals surface area contributed by atoms with Crippen LogP contribution in [0.1, 0.15) is 12.5 Å². The smallest absolute Gasteiger partial charge is 0.215 e. The second kappa shape index (κ2) is 7.08. The highest BCUT2D eigenvalue weighted by Crippen LogP contribution is 2.22. The number of rotatable bonds is 2. The lowest BCUT2D eigenvalue weighted by Gasteiger charge is -2.02. The average Bonchev–Trinajstić information content (AvgIpc) is 2.69. The molecule has 1 N–H and O–H groups in total. The Morgan fingerprint density at radius 3 is 2.83 bits per heavy atom. The van der Waals surface area contributed by atoms with Gasteiger partial charge in [-0.05, 0) is 33.9 Å². The minimum absolute atomic E-state index is 0.188. The average molecular weight is 424 g/mol. The molecule has 0 saturated carbocycles. The van der Waals surface area contributed by atoms with Crippen molar-refractivity contribution in [2.24, 2.45) is 7.05 Å². The van der Waals surface area contributed by atoms with Gasteiger partial charge in [-0.3, -0.25) is 5.41 Å². The monoisotopic (exact) mass is 423 g/mol. The molecule has 0 aromatic carbocycles. The quantitative estimate of drug-likeness (QED) is 0.346. The topological polar surface area (TPSA) is 50.9 Å². The van der Waals surface area contributed by atoms with Gasteiger partial charge in [0.15, 0.2) is 0 Å². The fraction of sp³-hybridized carbons (Fsp3) is 0.333. The summed E-state index contributed by atoms with van der Waals surface area (Å²) in [4.78, 5) is 6.28. The van der Waals surface area contributed by atoms with Crippen LogP contribution >= 0.6 is 38.5 Å². The zero-order valence-corrected chi connectivity index (χ0v) is 14.2. The Morgan fingerprint density at radius 1 is 1.56 bits per heavy atom. The molecule has 2 heterocycles. The summed E-state index contributed by atoms with van der Waals surface area (Å²) >= 11 is 5.53. The SMILES string of the molecule is CCOC(=N)c1cn(C)c2ncc(Br)cc12.CI. The summed E-state index contributed by atoms with van der Waals surface area (Å²) < 4.78 is 8.01. The zero-order valence-electron chi connectivity index (χ0n) is 10.5. The van der Waals surface area contributed by atoms with E-state index in [4.69, 9.17) is 10.1 Å². The van der Waals surface area contributed by atoms with Gasteiger partial charge in [0.2, 0.25) is 5.90 Å². The van der Waals surface area contributed by atoms with E-state index in [1.165, 1.54) is 0 Å². The van der Waals surface area contributed by atoms with E-state index >= 15 is 0 Å². The van der Waals surface area contributed by atoms with Gasteiger partial charge in [-0.25, -0.2) is 4.98 Å². The van der Waals surface area contributed by atoms with Gasteiger partial charge in [0.1, 0.15) is 5.65 Å². The second-order valence-electron chi connectivity index (χ2n) is 3.44. The molecule has 0 amide bonds. The first-order chi connectivity index (χ1) is 8.63. The molecule has 2 aromatic rings. The van der Waals surface area contributed by atoms with Gasteiger partial charge in [0.05, 0.1) is 12.2 Å². The number of hydrogen-bond donors (Lipinski definition) is 1. The van der Waals surface area contributed by atoms with Gasteiger partial charge in [-0.1, -0.05) is 22.6 Å². The van der Waals surface area contributed by atoms with Crippen molar-refractivity contribution in [3.63, 3.8) is 0 Å². The zero-order chi connectivity index (χ0) is 13.7. The molecule has 2 rings (SSSR count). The lowest BCUT2D eigenvalue weighted by atomic mass is 10.2. The number of halogens is 2. The molecule has 18 heavy (non-hydrogen) atoms. The number of aromatic nitrogens is 2. The number of nitrogens with one attached hydrogen (secondary N) is 1. The van der Waals surface area contributed by atoms with Crippen molar-refractivity contribution in [1.82, 2.24) is 9.55 Å². The summed E-state index contributed by atoms with van der Waals surface area (Å²) in [6, 6.07) is 1.95. The van der Waals surface area contributed by atoms with Crippen LogP contribution in [0.25, 0.3) is 11.0 Å². The number of hydrogen-bond acceptors (Lipinski definition) is 3. The van der Waals surface area contributed by atoms with E-state index in [-0.39, 0.29) is 5.90 Å². The number of fused-ring (bicyclic) bond motifs is 1. The van der Waals surface area contributed by atoms with Gasteiger partial charge < -0.3 is 9.30 Å². The molecule has 0 saturated heterocycles. The Labute approximate surface area is 129 Å². The van der Waals surface area contributed by atoms with Crippen molar-refractivity contribution in [3.8, 4) is 0 Å². The van der Waals surface area contributed by atoms with Crippen LogP contribution in [0.2, 0.25) is 0 Å². The highest BCUT2D eigenvalue weighted by molar-refractivity contribution is 14.1. The van der Waals surface area contributed by atoms with Crippen molar-refractivity contribution < 1.29 is 4.74 Å². The fourth-order valence-electron chi connectivity index (χ4n) is 1.64. The molecular formula is C12H15BrIN3O. The maximum atomic E-state index is 7.82. The number of nitrogens with zero attached hydrogens (tertiary/aromatic N) is 2. The van der Waals surface area contributed by atoms with E-state index in [0.29, 0.717) is 6.61 Å². The summed E-state index contributed by atoms with van der Waals surface area (Å²) in [6.45, 7) is 2.37. The highest BCUT2D eigenvalue weighted by Gasteiger charge is 2.12. The molecule has 0 fully saturated rings. The molecule has 0 aliphatic heterocycles. The van der Waals surface area contributed by atoms with Gasteiger partial charge in [-0.2, -0.15) is 0 Å². The van der Waals surface area contributed by atoms with E-state index < -0.39 is 0 Å². The third kappa shape index (κ3) is 3.23. The third-order valence-electron chi connectivity index (χ3n) is 2.31. The minimum atomic E-state index is 0.188. The van der Waals surface area contributed by atoms with Crippen LogP contribution in [0, 0.1) is 5.41 Å². The van der Waals surface area contributed by atoms with Crippen molar-refractivity contribution >= 4 is 55.5 Å². The van der Waals surface area contributed by atoms with Gasteiger partial charge in [0.25, 0.3) is 0 Å². The summed E-state index contributed by atoms with van der Waals surface area (Å²) in [5.74, 6) is 0.188. The molecular weight excluding hydrogens is 409 g/mol. The molecule has 0 atom stereocenters. The summed E-state index contributed by atoms with van der Waals surface area (Å²) in [6.07, 6.45) is 3.61. The Kier molecular flexibility index (Phi) is 6.07. The second-order valence-corrected chi connectivity index (χ2v) is 4.36. The minimum Gasteiger partial charge on any atom is -0.478 e. The fourth-order valence-corrected chi connectivity index (χ4v) is 1.97. The predicted molar refractivity (Wildman–Crippen MR) is 86.8 cm³/mol. The van der Waals surface area contributed by atoms with Gasteiger partial charge >= 0.3 is 0 Å². The number of ether oxygens (including phenoxy) is 1. The van der Waals surface area contributed by atoms with E-state index in [1.807, 2.05) is 35.7 Å². The molecule has 0 unspecified atom stereocenters. The van der Waals surface area contributed by atoms with Crippen LogP contribution in [0.4, 0.5) is 0 Å². The van der Waals surface area contributed by atoms with Gasteiger partial charge in [0, 0.05) is 29.3 Å². The highest BCUT2D eigenvalue weighted by atomic mass is 127. The van der Waals surface area contributed by atoms with Crippen molar-refractivity contribution in [2.45, 2.75) is 6.92 Å². The summed E-state index contributed by atoms with van der Waals surface area (Å²) in [5, 5.41) is 8.74. The van der Waals surface area contributed by atoms with Crippen LogP contribution < -0.4 is 0 Å². The van der Waals surface area contributed by atoms with Crippen LogP contribution in [-0.2, 0) is 11.8 Å². The maximum Gasteiger partial charge on any atom is 0.215 e. The first-order valence-electron chi connectivity index (χ1n) is 5.33. The van der Waals surface area contributed by atoms with Gasteiger partial charge in [-0.15, -0.1) is 0 Å². The summed E-state index contributed by atoms with van der Waals surface area (Å²) in [7, 11) is 1.91. The summed E-state index contributed by atoms with van der Waals surface area (Å²) in [5.41, 5.74) is 1.62. The van der Waals surface area contributed by atoms with Crippen LogP contribution in [-0.4, -0.2) is 27.0 Å². The Bertz CT molecular complexity index is 553. The van der Waals surface area contributed by atoms with Crippen molar-refractivity contribution in [1.29, 1.82) is 5.41 Å². The van der Waals surface area contributed by atoms with E-state index in [1.54, 1.807) is 6.20 Å². The van der Waals surface area contributed by atoms with E-state index in [2.05, 4.69) is 43.5 Å². The largest absolute Gasteiger partial charge is 0.478 e. The molecule has 2 aromatic heterocycles. The van der Waals surface area contributed by atoms with Crippen LogP contribution in [0.5, 0.6) is 0 Å². The maximum absolute atomic E-state index is 7.82. The lowest BCUT2D eigenvalue weighted by molar-refractivity contribution is 0.326. The van der Waals surface area contributed by atoms with E-state index in [9.17, 15) is 0 Å². The first kappa shape index (κ1) is 15.4. The number of alkyl halides is 1. The number of aryl methyl sites for hydroxylation is 1. The Hall–Kier alpha value is -0.630. The normalized spacial score (nSPS) is 9.83. The van der Waals surface area contributed by atoms with Crippen molar-refractivity contribution in [2.75, 3.05) is 11.5 Å². The lowest BCUT2D eigenvalue weighted by Crippen LogP contribution is -2.03. The molecule has 0 radical (unpaired) electrons. The first-order valence-corrected chi connectivity index (χ1v) is 8.28. The molecule has 0 bridgehead atoms. The molecule has 6 heteroatoms. The van der Waals surface area contributed by atoms with Crippen molar-refractivity contribution in [3.05, 3.63) is 28.5 Å².